The minimum atomic E-state index is -0.670. The van der Waals surface area contributed by atoms with Gasteiger partial charge in [-0.25, -0.2) is 0 Å². The third-order valence-corrected chi connectivity index (χ3v) is 4.70. The quantitative estimate of drug-likeness (QED) is 0.771. The first kappa shape index (κ1) is 20.0. The maximum Gasteiger partial charge on any atom is 0.313 e. The number of aryl methyl sites for hydroxylation is 2. The van der Waals surface area contributed by atoms with Gasteiger partial charge in [-0.15, -0.1) is 0 Å². The van der Waals surface area contributed by atoms with Crippen molar-refractivity contribution >= 4 is 17.5 Å². The first-order valence-corrected chi connectivity index (χ1v) is 9.42. The molecule has 1 fully saturated rings. The van der Waals surface area contributed by atoms with E-state index in [4.69, 9.17) is 4.74 Å². The van der Waals surface area contributed by atoms with Crippen molar-refractivity contribution in [2.45, 2.75) is 19.9 Å². The molecule has 1 aliphatic heterocycles. The largest absolute Gasteiger partial charge is 0.379 e. The molecule has 7 heteroatoms. The Morgan fingerprint density at radius 2 is 1.86 bits per heavy atom. The fourth-order valence-corrected chi connectivity index (χ4v) is 3.42. The average Bonchev–Trinajstić information content (AvgIpc) is 2.69. The second-order valence-electron chi connectivity index (χ2n) is 6.99. The number of hydrogen-bond donors (Lipinski definition) is 2. The molecule has 2 N–H and O–H groups in total. The van der Waals surface area contributed by atoms with Crippen molar-refractivity contribution in [1.82, 2.24) is 15.2 Å². The maximum absolute atomic E-state index is 12.4. The highest BCUT2D eigenvalue weighted by molar-refractivity contribution is 6.39. The molecule has 1 aliphatic rings. The van der Waals surface area contributed by atoms with Gasteiger partial charge >= 0.3 is 11.8 Å². The number of morpholine rings is 1. The van der Waals surface area contributed by atoms with E-state index in [0.717, 1.165) is 29.8 Å². The van der Waals surface area contributed by atoms with Gasteiger partial charge in [-0.3, -0.25) is 19.5 Å². The molecule has 2 amide bonds. The van der Waals surface area contributed by atoms with Crippen molar-refractivity contribution in [3.8, 4) is 0 Å². The molecule has 1 saturated heterocycles. The van der Waals surface area contributed by atoms with Gasteiger partial charge in [0.25, 0.3) is 0 Å². The minimum Gasteiger partial charge on any atom is -0.379 e. The predicted octanol–water partition coefficient (Wildman–Crippen LogP) is 1.83. The third-order valence-electron chi connectivity index (χ3n) is 4.70. The number of rotatable bonds is 5. The first-order chi connectivity index (χ1) is 13.5. The number of anilines is 1. The zero-order chi connectivity index (χ0) is 19.9. The van der Waals surface area contributed by atoms with Crippen molar-refractivity contribution in [3.63, 3.8) is 0 Å². The van der Waals surface area contributed by atoms with Gasteiger partial charge in [0, 0.05) is 37.7 Å². The van der Waals surface area contributed by atoms with Gasteiger partial charge in [0.05, 0.1) is 19.3 Å². The summed E-state index contributed by atoms with van der Waals surface area (Å²) < 4.78 is 5.43. The Morgan fingerprint density at radius 1 is 1.14 bits per heavy atom. The van der Waals surface area contributed by atoms with Crippen LogP contribution >= 0.6 is 0 Å². The molecule has 28 heavy (non-hydrogen) atoms. The molecule has 0 spiro atoms. The van der Waals surface area contributed by atoms with E-state index in [1.807, 2.05) is 44.2 Å². The van der Waals surface area contributed by atoms with Crippen molar-refractivity contribution in [2.24, 2.45) is 0 Å². The van der Waals surface area contributed by atoms with Gasteiger partial charge in [-0.1, -0.05) is 12.1 Å². The molecule has 1 atom stereocenters. The van der Waals surface area contributed by atoms with Gasteiger partial charge in [-0.2, -0.15) is 0 Å². The van der Waals surface area contributed by atoms with Crippen molar-refractivity contribution in [3.05, 3.63) is 59.4 Å². The lowest BCUT2D eigenvalue weighted by atomic mass is 10.1. The molecular weight excluding hydrogens is 356 g/mol. The Hall–Kier alpha value is -2.77. The van der Waals surface area contributed by atoms with Crippen LogP contribution in [0.25, 0.3) is 0 Å². The van der Waals surface area contributed by atoms with E-state index < -0.39 is 11.8 Å². The van der Waals surface area contributed by atoms with Crippen LogP contribution in [-0.4, -0.2) is 54.5 Å². The highest BCUT2D eigenvalue weighted by atomic mass is 16.5. The molecule has 7 nitrogen and oxygen atoms in total. The number of pyridine rings is 1. The van der Waals surface area contributed by atoms with Crippen LogP contribution in [0.4, 0.5) is 5.69 Å². The van der Waals surface area contributed by atoms with Crippen LogP contribution < -0.4 is 10.6 Å². The molecule has 1 aromatic heterocycles. The third kappa shape index (κ3) is 5.37. The Labute approximate surface area is 165 Å². The normalized spacial score (nSPS) is 15.6. The zero-order valence-electron chi connectivity index (χ0n) is 16.3. The van der Waals surface area contributed by atoms with E-state index in [-0.39, 0.29) is 6.04 Å². The van der Waals surface area contributed by atoms with E-state index in [1.165, 1.54) is 0 Å². The standard InChI is InChI=1S/C21H26N4O3/c1-15-10-16(2)12-18(11-15)24-21(27)20(26)23-14-19(17-4-3-5-22-13-17)25-6-8-28-9-7-25/h3-5,10-13,19H,6-9,14H2,1-2H3,(H,23,26)(H,24,27)/t19-/m0/s1. The van der Waals surface area contributed by atoms with Gasteiger partial charge in [0.2, 0.25) is 0 Å². The molecule has 0 unspecified atom stereocenters. The summed E-state index contributed by atoms with van der Waals surface area (Å²) in [7, 11) is 0. The molecule has 0 aliphatic carbocycles. The molecule has 3 rings (SSSR count). The number of nitrogens with zero attached hydrogens (tertiary/aromatic N) is 2. The summed E-state index contributed by atoms with van der Waals surface area (Å²) in [6, 6.07) is 9.48. The van der Waals surface area contributed by atoms with Gasteiger partial charge in [-0.05, 0) is 48.7 Å². The monoisotopic (exact) mass is 382 g/mol. The maximum atomic E-state index is 12.4. The van der Waals surface area contributed by atoms with Crippen LogP contribution in [0.15, 0.2) is 42.7 Å². The summed E-state index contributed by atoms with van der Waals surface area (Å²) in [5.41, 5.74) is 3.67. The minimum absolute atomic E-state index is 0.0597. The van der Waals surface area contributed by atoms with Gasteiger partial charge in [0.1, 0.15) is 0 Å². The molecule has 1 aromatic carbocycles. The van der Waals surface area contributed by atoms with Crippen LogP contribution in [0.2, 0.25) is 0 Å². The smallest absolute Gasteiger partial charge is 0.313 e. The molecular formula is C21H26N4O3. The van der Waals surface area contributed by atoms with E-state index in [2.05, 4.69) is 20.5 Å². The topological polar surface area (TPSA) is 83.6 Å². The predicted molar refractivity (Wildman–Crippen MR) is 107 cm³/mol. The molecule has 0 saturated carbocycles. The molecule has 0 radical (unpaired) electrons. The average molecular weight is 382 g/mol. The van der Waals surface area contributed by atoms with Gasteiger partial charge < -0.3 is 15.4 Å². The molecule has 0 bridgehead atoms. The summed E-state index contributed by atoms with van der Waals surface area (Å²) in [6.45, 7) is 7.06. The summed E-state index contributed by atoms with van der Waals surface area (Å²) in [5.74, 6) is -1.32. The van der Waals surface area contributed by atoms with E-state index in [0.29, 0.717) is 25.4 Å². The Kier molecular flexibility index (Phi) is 6.73. The highest BCUT2D eigenvalue weighted by Gasteiger charge is 2.24. The number of carbonyl (C=O) groups excluding carboxylic acids is 2. The van der Waals surface area contributed by atoms with Crippen LogP contribution in [0.1, 0.15) is 22.7 Å². The molecule has 148 valence electrons. The lowest BCUT2D eigenvalue weighted by Crippen LogP contribution is -2.45. The van der Waals surface area contributed by atoms with Crippen LogP contribution in [0.3, 0.4) is 0 Å². The van der Waals surface area contributed by atoms with E-state index >= 15 is 0 Å². The summed E-state index contributed by atoms with van der Waals surface area (Å²) >= 11 is 0. The lowest BCUT2D eigenvalue weighted by Gasteiger charge is -2.34. The van der Waals surface area contributed by atoms with Crippen molar-refractivity contribution in [2.75, 3.05) is 38.2 Å². The highest BCUT2D eigenvalue weighted by Crippen LogP contribution is 2.20. The number of aromatic nitrogens is 1. The Balaban J connectivity index is 1.63. The first-order valence-electron chi connectivity index (χ1n) is 9.42. The number of amides is 2. The van der Waals surface area contributed by atoms with E-state index in [9.17, 15) is 9.59 Å². The molecule has 2 aromatic rings. The van der Waals surface area contributed by atoms with E-state index in [1.54, 1.807) is 12.4 Å². The van der Waals surface area contributed by atoms with Gasteiger partial charge in [0.15, 0.2) is 0 Å². The number of carbonyl (C=O) groups is 2. The zero-order valence-corrected chi connectivity index (χ0v) is 16.3. The summed E-state index contributed by atoms with van der Waals surface area (Å²) in [4.78, 5) is 31.1. The van der Waals surface area contributed by atoms with Crippen LogP contribution in [0, 0.1) is 13.8 Å². The molecule has 2 heterocycles. The SMILES string of the molecule is Cc1cc(C)cc(NC(=O)C(=O)NC[C@@H](c2cccnc2)N2CCOCC2)c1. The lowest BCUT2D eigenvalue weighted by molar-refractivity contribution is -0.136. The number of ether oxygens (including phenoxy) is 1. The fourth-order valence-electron chi connectivity index (χ4n) is 3.42. The van der Waals surface area contributed by atoms with Crippen LogP contribution in [0.5, 0.6) is 0 Å². The number of benzene rings is 1. The summed E-state index contributed by atoms with van der Waals surface area (Å²) in [6.07, 6.45) is 3.51. The number of nitrogens with one attached hydrogen (secondary N) is 2. The van der Waals surface area contributed by atoms with Crippen molar-refractivity contribution < 1.29 is 14.3 Å². The number of hydrogen-bond acceptors (Lipinski definition) is 5. The second kappa shape index (κ2) is 9.43. The van der Waals surface area contributed by atoms with Crippen LogP contribution in [-0.2, 0) is 14.3 Å². The Morgan fingerprint density at radius 3 is 2.50 bits per heavy atom. The second-order valence-corrected chi connectivity index (χ2v) is 6.99. The summed E-state index contributed by atoms with van der Waals surface area (Å²) in [5, 5.41) is 5.44. The van der Waals surface area contributed by atoms with Crippen molar-refractivity contribution in [1.29, 1.82) is 0 Å². The fraction of sp³-hybridized carbons (Fsp3) is 0.381. The Bertz CT molecular complexity index is 799.